The lowest BCUT2D eigenvalue weighted by molar-refractivity contribution is -0.135. The summed E-state index contributed by atoms with van der Waals surface area (Å²) in [7, 11) is 0. The summed E-state index contributed by atoms with van der Waals surface area (Å²) in [6, 6.07) is 15.7. The lowest BCUT2D eigenvalue weighted by Gasteiger charge is -2.15. The highest BCUT2D eigenvalue weighted by Gasteiger charge is 2.25. The Morgan fingerprint density at radius 2 is 1.64 bits per heavy atom. The maximum absolute atomic E-state index is 12.0. The summed E-state index contributed by atoms with van der Waals surface area (Å²) in [4.78, 5) is 0. The molecule has 25 heavy (non-hydrogen) atoms. The number of anilines is 2. The molecule has 0 radical (unpaired) electrons. The second-order valence-corrected chi connectivity index (χ2v) is 6.19. The Morgan fingerprint density at radius 3 is 2.36 bits per heavy atom. The van der Waals surface area contributed by atoms with Crippen LogP contribution in [0.1, 0.15) is 18.4 Å². The van der Waals surface area contributed by atoms with Crippen LogP contribution in [-0.2, 0) is 6.54 Å². The van der Waals surface area contributed by atoms with Crippen LogP contribution in [-0.4, -0.2) is 12.7 Å². The van der Waals surface area contributed by atoms with E-state index in [2.05, 4.69) is 37.6 Å². The molecule has 4 nitrogen and oxygen atoms in total. The van der Waals surface area contributed by atoms with E-state index in [0.29, 0.717) is 6.54 Å². The molecule has 0 amide bonds. The van der Waals surface area contributed by atoms with Gasteiger partial charge in [0, 0.05) is 19.5 Å². The summed E-state index contributed by atoms with van der Waals surface area (Å²) >= 11 is 3.52. The fourth-order valence-electron chi connectivity index (χ4n) is 2.11. The largest absolute Gasteiger partial charge is 0.389 e. The maximum atomic E-state index is 12.0. The second-order valence-electron chi connectivity index (χ2n) is 5.40. The second kappa shape index (κ2) is 9.65. The number of hydrogen-bond donors (Lipinski definition) is 4. The van der Waals surface area contributed by atoms with Crippen LogP contribution in [0.5, 0.6) is 0 Å². The SMILES string of the molecule is FC(F)(F)CCCNNNc1cccc(NCc2ccccc2)c1Br. The first-order valence-corrected chi connectivity index (χ1v) is 8.62. The van der Waals surface area contributed by atoms with Gasteiger partial charge in [-0.2, -0.15) is 18.7 Å². The van der Waals surface area contributed by atoms with Crippen LogP contribution in [0.4, 0.5) is 24.5 Å². The molecule has 2 rings (SSSR count). The van der Waals surface area contributed by atoms with Crippen LogP contribution < -0.4 is 21.7 Å². The average Bonchev–Trinajstić information content (AvgIpc) is 2.58. The fraction of sp³-hybridized carbons (Fsp3) is 0.294. The number of nitrogens with one attached hydrogen (secondary N) is 4. The molecule has 0 aliphatic carbocycles. The summed E-state index contributed by atoms with van der Waals surface area (Å²) in [5.41, 5.74) is 11.2. The highest BCUT2D eigenvalue weighted by atomic mass is 79.9. The molecule has 2 aromatic rings. The topological polar surface area (TPSA) is 48.1 Å². The Balaban J connectivity index is 1.78. The first-order valence-electron chi connectivity index (χ1n) is 7.82. The van der Waals surface area contributed by atoms with Gasteiger partial charge in [-0.3, -0.25) is 0 Å². The van der Waals surface area contributed by atoms with Crippen molar-refractivity contribution < 1.29 is 13.2 Å². The predicted molar refractivity (Wildman–Crippen MR) is 98.0 cm³/mol. The van der Waals surface area contributed by atoms with Crippen LogP contribution in [0.25, 0.3) is 0 Å². The quantitative estimate of drug-likeness (QED) is 0.349. The standard InChI is InChI=1S/C17H20BrF3N4/c18-16-14(22-12-13-6-2-1-3-7-13)8-4-9-15(16)24-25-23-11-5-10-17(19,20)21/h1-4,6-9,22-25H,5,10-12H2. The van der Waals surface area contributed by atoms with Gasteiger partial charge in [0.05, 0.1) is 15.8 Å². The van der Waals surface area contributed by atoms with Crippen molar-refractivity contribution in [1.29, 1.82) is 0 Å². The third-order valence-electron chi connectivity index (χ3n) is 3.37. The van der Waals surface area contributed by atoms with Gasteiger partial charge in [-0.15, -0.1) is 0 Å². The van der Waals surface area contributed by atoms with Crippen LogP contribution >= 0.6 is 15.9 Å². The normalized spacial score (nSPS) is 11.4. The molecule has 0 fully saturated rings. The summed E-state index contributed by atoms with van der Waals surface area (Å²) in [5.74, 6) is 0. The number of halogens is 4. The first-order chi connectivity index (χ1) is 12.0. The molecule has 0 unspecified atom stereocenters. The smallest absolute Gasteiger partial charge is 0.380 e. The molecule has 0 saturated carbocycles. The monoisotopic (exact) mass is 416 g/mol. The zero-order chi connectivity index (χ0) is 18.1. The van der Waals surface area contributed by atoms with E-state index >= 15 is 0 Å². The Bertz CT molecular complexity index is 650. The minimum absolute atomic E-state index is 0.0119. The highest BCUT2D eigenvalue weighted by molar-refractivity contribution is 9.10. The Kier molecular flexibility index (Phi) is 7.54. The number of hydrogen-bond acceptors (Lipinski definition) is 4. The molecule has 0 aliphatic heterocycles. The van der Waals surface area contributed by atoms with Crippen molar-refractivity contribution >= 4 is 27.3 Å². The third kappa shape index (κ3) is 7.33. The van der Waals surface area contributed by atoms with Gasteiger partial charge in [-0.05, 0) is 40.0 Å². The van der Waals surface area contributed by atoms with E-state index in [4.69, 9.17) is 0 Å². The van der Waals surface area contributed by atoms with Crippen molar-refractivity contribution in [2.75, 3.05) is 17.3 Å². The predicted octanol–water partition coefficient (Wildman–Crippen LogP) is 4.82. The molecular formula is C17H20BrF3N4. The first kappa shape index (κ1) is 19.6. The number of alkyl halides is 3. The van der Waals surface area contributed by atoms with Crippen LogP contribution in [0.2, 0.25) is 0 Å². The zero-order valence-corrected chi connectivity index (χ0v) is 15.0. The third-order valence-corrected chi connectivity index (χ3v) is 4.23. The molecule has 0 bridgehead atoms. The molecular weight excluding hydrogens is 397 g/mol. The van der Waals surface area contributed by atoms with E-state index in [1.54, 1.807) is 0 Å². The van der Waals surface area contributed by atoms with Crippen LogP contribution in [0, 0.1) is 0 Å². The van der Waals surface area contributed by atoms with Gasteiger partial charge >= 0.3 is 6.18 Å². The molecule has 2 aromatic carbocycles. The van der Waals surface area contributed by atoms with Crippen molar-refractivity contribution in [3.05, 3.63) is 58.6 Å². The summed E-state index contributed by atoms with van der Waals surface area (Å²) < 4.78 is 37.0. The molecule has 0 saturated heterocycles. The Labute approximate surface area is 153 Å². The van der Waals surface area contributed by atoms with Gasteiger partial charge in [0.15, 0.2) is 0 Å². The Morgan fingerprint density at radius 1 is 0.920 bits per heavy atom. The van der Waals surface area contributed by atoms with E-state index in [0.717, 1.165) is 21.4 Å². The van der Waals surface area contributed by atoms with Crippen LogP contribution in [0.3, 0.4) is 0 Å². The molecule has 0 heterocycles. The van der Waals surface area contributed by atoms with Crippen LogP contribution in [0.15, 0.2) is 53.0 Å². The molecule has 0 aromatic heterocycles. The maximum Gasteiger partial charge on any atom is 0.389 e. The lowest BCUT2D eigenvalue weighted by Crippen LogP contribution is -2.37. The van der Waals surface area contributed by atoms with Crippen molar-refractivity contribution in [1.82, 2.24) is 11.0 Å². The molecule has 0 aliphatic rings. The number of rotatable bonds is 9. The van der Waals surface area contributed by atoms with Gasteiger partial charge in [0.25, 0.3) is 0 Å². The minimum atomic E-state index is -4.11. The van der Waals surface area contributed by atoms with Gasteiger partial charge < -0.3 is 10.7 Å². The van der Waals surface area contributed by atoms with Crippen molar-refractivity contribution in [2.24, 2.45) is 0 Å². The fourth-order valence-corrected chi connectivity index (χ4v) is 2.61. The summed E-state index contributed by atoms with van der Waals surface area (Å²) in [5, 5.41) is 3.34. The van der Waals surface area contributed by atoms with Gasteiger partial charge in [-0.25, -0.2) is 5.43 Å². The van der Waals surface area contributed by atoms with Gasteiger partial charge in [-0.1, -0.05) is 36.4 Å². The summed E-state index contributed by atoms with van der Waals surface area (Å²) in [6.07, 6.45) is -4.90. The van der Waals surface area contributed by atoms with E-state index in [-0.39, 0.29) is 13.0 Å². The van der Waals surface area contributed by atoms with E-state index in [1.807, 2.05) is 48.5 Å². The van der Waals surface area contributed by atoms with Gasteiger partial charge in [0.1, 0.15) is 0 Å². The highest BCUT2D eigenvalue weighted by Crippen LogP contribution is 2.30. The minimum Gasteiger partial charge on any atom is -0.380 e. The molecule has 4 N–H and O–H groups in total. The molecule has 0 atom stereocenters. The Hall–Kier alpha value is -1.77. The van der Waals surface area contributed by atoms with Crippen molar-refractivity contribution in [3.8, 4) is 0 Å². The molecule has 136 valence electrons. The molecule has 0 spiro atoms. The number of hydrazine groups is 2. The average molecular weight is 417 g/mol. The van der Waals surface area contributed by atoms with E-state index in [1.165, 1.54) is 0 Å². The van der Waals surface area contributed by atoms with E-state index < -0.39 is 12.6 Å². The number of benzene rings is 2. The zero-order valence-electron chi connectivity index (χ0n) is 13.5. The van der Waals surface area contributed by atoms with Crippen molar-refractivity contribution in [3.63, 3.8) is 0 Å². The van der Waals surface area contributed by atoms with Crippen molar-refractivity contribution in [2.45, 2.75) is 25.6 Å². The lowest BCUT2D eigenvalue weighted by atomic mass is 10.2. The molecule has 8 heteroatoms. The van der Waals surface area contributed by atoms with Gasteiger partial charge in [0.2, 0.25) is 0 Å². The summed E-state index contributed by atoms with van der Waals surface area (Å²) in [6.45, 7) is 0.891. The van der Waals surface area contributed by atoms with E-state index in [9.17, 15) is 13.2 Å².